The van der Waals surface area contributed by atoms with E-state index in [-0.39, 0.29) is 17.5 Å². The molecule has 3 aromatic rings. The van der Waals surface area contributed by atoms with Gasteiger partial charge in [0.15, 0.2) is 5.69 Å². The van der Waals surface area contributed by atoms with E-state index in [1.165, 1.54) is 7.11 Å². The SMILES string of the molecule is COC(=O)c1ccccc1NC(=O)c1nn(C(C)C)c2ccc(Br)cc12. The molecule has 2 aromatic carbocycles. The van der Waals surface area contributed by atoms with E-state index in [0.29, 0.717) is 11.4 Å². The van der Waals surface area contributed by atoms with Gasteiger partial charge in [0.2, 0.25) is 0 Å². The second-order valence-electron chi connectivity index (χ2n) is 6.04. The summed E-state index contributed by atoms with van der Waals surface area (Å²) >= 11 is 3.44. The fourth-order valence-corrected chi connectivity index (χ4v) is 3.10. The minimum Gasteiger partial charge on any atom is -0.465 e. The Hall–Kier alpha value is -2.67. The normalized spacial score (nSPS) is 11.0. The van der Waals surface area contributed by atoms with Crippen LogP contribution >= 0.6 is 15.9 Å². The lowest BCUT2D eigenvalue weighted by molar-refractivity contribution is 0.0602. The van der Waals surface area contributed by atoms with Crippen LogP contribution in [-0.2, 0) is 4.74 Å². The maximum atomic E-state index is 12.9. The number of amides is 1. The summed E-state index contributed by atoms with van der Waals surface area (Å²) in [5.41, 5.74) is 1.84. The van der Waals surface area contributed by atoms with Gasteiger partial charge in [0.25, 0.3) is 5.91 Å². The average molecular weight is 416 g/mol. The van der Waals surface area contributed by atoms with E-state index < -0.39 is 5.97 Å². The van der Waals surface area contributed by atoms with Gasteiger partial charge in [0.1, 0.15) is 0 Å². The van der Waals surface area contributed by atoms with Crippen LogP contribution in [0.5, 0.6) is 0 Å². The zero-order valence-corrected chi connectivity index (χ0v) is 16.2. The van der Waals surface area contributed by atoms with Crippen molar-refractivity contribution in [3.05, 3.63) is 58.2 Å². The third kappa shape index (κ3) is 3.35. The van der Waals surface area contributed by atoms with Crippen LogP contribution < -0.4 is 5.32 Å². The summed E-state index contributed by atoms with van der Waals surface area (Å²) < 4.78 is 7.44. The van der Waals surface area contributed by atoms with Crippen LogP contribution in [0.1, 0.15) is 40.7 Å². The van der Waals surface area contributed by atoms with Crippen molar-refractivity contribution < 1.29 is 14.3 Å². The predicted molar refractivity (Wildman–Crippen MR) is 104 cm³/mol. The lowest BCUT2D eigenvalue weighted by Gasteiger charge is -2.08. The molecule has 6 nitrogen and oxygen atoms in total. The summed E-state index contributed by atoms with van der Waals surface area (Å²) in [5.74, 6) is -0.898. The van der Waals surface area contributed by atoms with Gasteiger partial charge in [-0.05, 0) is 44.2 Å². The van der Waals surface area contributed by atoms with Crippen molar-refractivity contribution in [2.24, 2.45) is 0 Å². The van der Waals surface area contributed by atoms with Crippen molar-refractivity contribution in [1.82, 2.24) is 9.78 Å². The number of rotatable bonds is 4. The number of nitrogens with zero attached hydrogens (tertiary/aromatic N) is 2. The van der Waals surface area contributed by atoms with Crippen molar-refractivity contribution in [1.29, 1.82) is 0 Å². The van der Waals surface area contributed by atoms with Crippen LogP contribution in [-0.4, -0.2) is 28.8 Å². The van der Waals surface area contributed by atoms with Gasteiger partial charge >= 0.3 is 5.97 Å². The molecular formula is C19H18BrN3O3. The van der Waals surface area contributed by atoms with E-state index >= 15 is 0 Å². The molecule has 0 fully saturated rings. The van der Waals surface area contributed by atoms with E-state index in [2.05, 4.69) is 26.3 Å². The Morgan fingerprint density at radius 3 is 2.62 bits per heavy atom. The molecule has 0 aliphatic rings. The molecule has 0 atom stereocenters. The Morgan fingerprint density at radius 1 is 1.19 bits per heavy atom. The maximum Gasteiger partial charge on any atom is 0.339 e. The molecule has 1 N–H and O–H groups in total. The molecule has 0 bridgehead atoms. The van der Waals surface area contributed by atoms with E-state index in [0.717, 1.165) is 15.4 Å². The second kappa shape index (κ2) is 7.29. The number of fused-ring (bicyclic) bond motifs is 1. The number of aromatic nitrogens is 2. The number of benzene rings is 2. The van der Waals surface area contributed by atoms with Gasteiger partial charge in [-0.1, -0.05) is 28.1 Å². The standard InChI is InChI=1S/C19H18BrN3O3/c1-11(2)23-16-9-8-12(20)10-14(16)17(22-23)18(24)21-15-7-5-4-6-13(15)19(25)26-3/h4-11H,1-3H3,(H,21,24). The molecule has 0 saturated heterocycles. The second-order valence-corrected chi connectivity index (χ2v) is 6.96. The zero-order valence-electron chi connectivity index (χ0n) is 14.6. The fourth-order valence-electron chi connectivity index (χ4n) is 2.74. The molecule has 3 rings (SSSR count). The van der Waals surface area contributed by atoms with Crippen molar-refractivity contribution in [3.63, 3.8) is 0 Å². The number of hydrogen-bond donors (Lipinski definition) is 1. The molecule has 1 heterocycles. The Morgan fingerprint density at radius 2 is 1.92 bits per heavy atom. The lowest BCUT2D eigenvalue weighted by Crippen LogP contribution is -2.16. The Balaban J connectivity index is 2.04. The summed E-state index contributed by atoms with van der Waals surface area (Å²) in [6, 6.07) is 12.5. The van der Waals surface area contributed by atoms with E-state index in [1.54, 1.807) is 24.3 Å². The smallest absolute Gasteiger partial charge is 0.339 e. The molecule has 0 saturated carbocycles. The highest BCUT2D eigenvalue weighted by Gasteiger charge is 2.21. The van der Waals surface area contributed by atoms with Gasteiger partial charge in [-0.25, -0.2) is 4.79 Å². The number of ether oxygens (including phenoxy) is 1. The molecule has 0 radical (unpaired) electrons. The summed E-state index contributed by atoms with van der Waals surface area (Å²) in [7, 11) is 1.30. The van der Waals surface area contributed by atoms with Crippen molar-refractivity contribution >= 4 is 44.4 Å². The summed E-state index contributed by atoms with van der Waals surface area (Å²) in [4.78, 5) is 24.8. The zero-order chi connectivity index (χ0) is 18.8. The van der Waals surface area contributed by atoms with Crippen LogP contribution in [0.2, 0.25) is 0 Å². The number of esters is 1. The molecule has 1 amide bonds. The first kappa shape index (κ1) is 18.1. The average Bonchev–Trinajstić information content (AvgIpc) is 3.00. The molecule has 26 heavy (non-hydrogen) atoms. The Labute approximate surface area is 159 Å². The first-order chi connectivity index (χ1) is 12.4. The van der Waals surface area contributed by atoms with Crippen LogP contribution in [0, 0.1) is 0 Å². The largest absolute Gasteiger partial charge is 0.465 e. The highest BCUT2D eigenvalue weighted by atomic mass is 79.9. The molecule has 1 aromatic heterocycles. The van der Waals surface area contributed by atoms with Crippen molar-refractivity contribution in [2.75, 3.05) is 12.4 Å². The van der Waals surface area contributed by atoms with Gasteiger partial charge in [0.05, 0.1) is 23.9 Å². The maximum absolute atomic E-state index is 12.9. The van der Waals surface area contributed by atoms with Crippen LogP contribution in [0.15, 0.2) is 46.9 Å². The van der Waals surface area contributed by atoms with E-state index in [1.807, 2.05) is 36.7 Å². The van der Waals surface area contributed by atoms with E-state index in [4.69, 9.17) is 4.74 Å². The van der Waals surface area contributed by atoms with Gasteiger partial charge < -0.3 is 10.1 Å². The van der Waals surface area contributed by atoms with Crippen molar-refractivity contribution in [2.45, 2.75) is 19.9 Å². The highest BCUT2D eigenvalue weighted by Crippen LogP contribution is 2.26. The molecule has 0 aliphatic carbocycles. The first-order valence-corrected chi connectivity index (χ1v) is 8.88. The number of anilines is 1. The van der Waals surface area contributed by atoms with Gasteiger partial charge in [0, 0.05) is 15.9 Å². The number of para-hydroxylation sites is 1. The third-order valence-corrected chi connectivity index (χ3v) is 4.45. The van der Waals surface area contributed by atoms with Crippen LogP contribution in [0.25, 0.3) is 10.9 Å². The predicted octanol–water partition coefficient (Wildman–Crippen LogP) is 4.42. The number of halogens is 1. The third-order valence-electron chi connectivity index (χ3n) is 3.95. The summed E-state index contributed by atoms with van der Waals surface area (Å²) in [6.45, 7) is 4.01. The molecular weight excluding hydrogens is 398 g/mol. The minimum atomic E-state index is -0.513. The number of methoxy groups -OCH3 is 1. The van der Waals surface area contributed by atoms with Gasteiger partial charge in [-0.3, -0.25) is 9.48 Å². The Kier molecular flexibility index (Phi) is 5.08. The summed E-state index contributed by atoms with van der Waals surface area (Å²) in [6.07, 6.45) is 0. The topological polar surface area (TPSA) is 73.2 Å². The van der Waals surface area contributed by atoms with E-state index in [9.17, 15) is 9.59 Å². The van der Waals surface area contributed by atoms with Crippen LogP contribution in [0.3, 0.4) is 0 Å². The Bertz CT molecular complexity index is 995. The number of carbonyl (C=O) groups is 2. The van der Waals surface area contributed by atoms with Crippen molar-refractivity contribution in [3.8, 4) is 0 Å². The number of nitrogens with one attached hydrogen (secondary N) is 1. The number of carbonyl (C=O) groups excluding carboxylic acids is 2. The summed E-state index contributed by atoms with van der Waals surface area (Å²) in [5, 5.41) is 8.00. The molecule has 0 spiro atoms. The highest BCUT2D eigenvalue weighted by molar-refractivity contribution is 9.10. The molecule has 134 valence electrons. The monoisotopic (exact) mass is 415 g/mol. The van der Waals surface area contributed by atoms with Crippen LogP contribution in [0.4, 0.5) is 5.69 Å². The fraction of sp³-hybridized carbons (Fsp3) is 0.211. The van der Waals surface area contributed by atoms with Gasteiger partial charge in [-0.15, -0.1) is 0 Å². The molecule has 0 unspecified atom stereocenters. The minimum absolute atomic E-state index is 0.0996. The quantitative estimate of drug-likeness (QED) is 0.640. The molecule has 0 aliphatic heterocycles. The number of hydrogen-bond acceptors (Lipinski definition) is 4. The van der Waals surface area contributed by atoms with Gasteiger partial charge in [-0.2, -0.15) is 5.10 Å². The lowest BCUT2D eigenvalue weighted by atomic mass is 10.1. The first-order valence-electron chi connectivity index (χ1n) is 8.09. The molecule has 7 heteroatoms.